The molecule has 2 aromatic rings. The quantitative estimate of drug-likeness (QED) is 0.777. The number of hydrogen-bond acceptors (Lipinski definition) is 2. The number of fused-ring (bicyclic) bond motifs is 1. The first-order valence-corrected chi connectivity index (χ1v) is 7.27. The maximum atomic E-state index is 6.04. The summed E-state index contributed by atoms with van der Waals surface area (Å²) in [4.78, 5) is 0. The molecule has 0 unspecified atom stereocenters. The van der Waals surface area contributed by atoms with Gasteiger partial charge in [0.25, 0.3) is 0 Å². The van der Waals surface area contributed by atoms with Crippen LogP contribution in [0.15, 0.2) is 24.3 Å². The highest BCUT2D eigenvalue weighted by Gasteiger charge is 2.17. The van der Waals surface area contributed by atoms with Gasteiger partial charge in [-0.3, -0.25) is 0 Å². The van der Waals surface area contributed by atoms with Crippen molar-refractivity contribution in [3.05, 3.63) is 35.4 Å². The molecule has 0 saturated carbocycles. The molecule has 0 bridgehead atoms. The molecule has 108 valence electrons. The van der Waals surface area contributed by atoms with E-state index in [1.54, 1.807) is 0 Å². The van der Waals surface area contributed by atoms with E-state index in [-0.39, 0.29) is 12.2 Å². The van der Waals surface area contributed by atoms with Crippen molar-refractivity contribution in [3.63, 3.8) is 0 Å². The highest BCUT2D eigenvalue weighted by molar-refractivity contribution is 5.96. The molecule has 0 spiro atoms. The average molecular weight is 272 g/mol. The van der Waals surface area contributed by atoms with Gasteiger partial charge >= 0.3 is 0 Å². The second-order valence-corrected chi connectivity index (χ2v) is 5.79. The Balaban J connectivity index is 2.74. The third-order valence-corrected chi connectivity index (χ3v) is 3.37. The summed E-state index contributed by atoms with van der Waals surface area (Å²) in [7, 11) is 0. The van der Waals surface area contributed by atoms with E-state index in [9.17, 15) is 0 Å². The molecule has 0 aromatic heterocycles. The molecular formula is C18H24O2. The van der Waals surface area contributed by atoms with E-state index in [2.05, 4.69) is 53.7 Å². The fraction of sp³-hybridized carbons (Fsp3) is 0.444. The Morgan fingerprint density at radius 1 is 0.700 bits per heavy atom. The number of hydrogen-bond donors (Lipinski definition) is 0. The average Bonchev–Trinajstić information content (AvgIpc) is 2.39. The molecule has 0 heterocycles. The van der Waals surface area contributed by atoms with Crippen molar-refractivity contribution in [2.24, 2.45) is 0 Å². The van der Waals surface area contributed by atoms with Gasteiger partial charge in [0, 0.05) is 10.8 Å². The van der Waals surface area contributed by atoms with Crippen molar-refractivity contribution in [2.45, 2.75) is 53.8 Å². The van der Waals surface area contributed by atoms with E-state index in [0.29, 0.717) is 0 Å². The van der Waals surface area contributed by atoms with Gasteiger partial charge in [0.05, 0.1) is 12.2 Å². The Morgan fingerprint density at radius 3 is 1.35 bits per heavy atom. The summed E-state index contributed by atoms with van der Waals surface area (Å²) < 4.78 is 12.1. The molecule has 0 fully saturated rings. The summed E-state index contributed by atoms with van der Waals surface area (Å²) in [5, 5.41) is 2.25. The fourth-order valence-corrected chi connectivity index (χ4v) is 2.40. The SMILES string of the molecule is Cc1c(C)c(OC(C)C)c2ccccc2c1OC(C)C. The van der Waals surface area contributed by atoms with E-state index < -0.39 is 0 Å². The van der Waals surface area contributed by atoms with Crippen molar-refractivity contribution in [3.8, 4) is 11.5 Å². The third kappa shape index (κ3) is 2.74. The molecular weight excluding hydrogens is 248 g/mol. The zero-order valence-corrected chi connectivity index (χ0v) is 13.3. The van der Waals surface area contributed by atoms with Crippen molar-refractivity contribution in [1.29, 1.82) is 0 Å². The van der Waals surface area contributed by atoms with Gasteiger partial charge in [0.1, 0.15) is 11.5 Å². The first-order chi connectivity index (χ1) is 9.41. The summed E-state index contributed by atoms with van der Waals surface area (Å²) in [6.45, 7) is 12.4. The van der Waals surface area contributed by atoms with Crippen molar-refractivity contribution < 1.29 is 9.47 Å². The summed E-state index contributed by atoms with van der Waals surface area (Å²) in [6.07, 6.45) is 0.321. The van der Waals surface area contributed by atoms with Crippen LogP contribution in [0, 0.1) is 13.8 Å². The van der Waals surface area contributed by atoms with E-state index in [0.717, 1.165) is 33.4 Å². The molecule has 0 saturated heterocycles. The maximum absolute atomic E-state index is 6.04. The van der Waals surface area contributed by atoms with E-state index in [4.69, 9.17) is 9.47 Å². The van der Waals surface area contributed by atoms with Gasteiger partial charge in [0.15, 0.2) is 0 Å². The van der Waals surface area contributed by atoms with Crippen LogP contribution in [0.4, 0.5) is 0 Å². The van der Waals surface area contributed by atoms with Crippen LogP contribution in [0.3, 0.4) is 0 Å². The summed E-state index contributed by atoms with van der Waals surface area (Å²) in [6, 6.07) is 8.30. The minimum Gasteiger partial charge on any atom is -0.490 e. The predicted molar refractivity (Wildman–Crippen MR) is 85.0 cm³/mol. The van der Waals surface area contributed by atoms with Crippen LogP contribution in [0.5, 0.6) is 11.5 Å². The van der Waals surface area contributed by atoms with Crippen LogP contribution in [-0.2, 0) is 0 Å². The van der Waals surface area contributed by atoms with Gasteiger partial charge in [-0.1, -0.05) is 24.3 Å². The molecule has 0 amide bonds. The number of ether oxygens (including phenoxy) is 2. The van der Waals surface area contributed by atoms with Crippen molar-refractivity contribution in [1.82, 2.24) is 0 Å². The third-order valence-electron chi connectivity index (χ3n) is 3.37. The van der Waals surface area contributed by atoms with Gasteiger partial charge in [0.2, 0.25) is 0 Å². The smallest absolute Gasteiger partial charge is 0.130 e. The first-order valence-electron chi connectivity index (χ1n) is 7.27. The standard InChI is InChI=1S/C18H24O2/c1-11(2)19-17-13(5)14(6)18(20-12(3)4)16-10-8-7-9-15(16)17/h7-12H,1-6H3. The minimum atomic E-state index is 0.161. The second-order valence-electron chi connectivity index (χ2n) is 5.79. The Morgan fingerprint density at radius 2 is 1.05 bits per heavy atom. The van der Waals surface area contributed by atoms with Crippen LogP contribution in [0.2, 0.25) is 0 Å². The Labute approximate surface area is 121 Å². The number of rotatable bonds is 4. The normalized spacial score (nSPS) is 11.4. The lowest BCUT2D eigenvalue weighted by Gasteiger charge is -2.22. The zero-order valence-electron chi connectivity index (χ0n) is 13.3. The largest absolute Gasteiger partial charge is 0.490 e. The highest BCUT2D eigenvalue weighted by Crippen LogP contribution is 2.40. The Bertz CT molecular complexity index is 558. The van der Waals surface area contributed by atoms with E-state index >= 15 is 0 Å². The van der Waals surface area contributed by atoms with E-state index in [1.807, 2.05) is 12.1 Å². The maximum Gasteiger partial charge on any atom is 0.130 e. The monoisotopic (exact) mass is 272 g/mol. The molecule has 0 aliphatic heterocycles. The van der Waals surface area contributed by atoms with Crippen LogP contribution in [0.1, 0.15) is 38.8 Å². The predicted octanol–water partition coefficient (Wildman–Crippen LogP) is 5.03. The lowest BCUT2D eigenvalue weighted by atomic mass is 9.99. The van der Waals surface area contributed by atoms with Gasteiger partial charge in [-0.2, -0.15) is 0 Å². The highest BCUT2D eigenvalue weighted by atomic mass is 16.5. The summed E-state index contributed by atoms with van der Waals surface area (Å²) in [5.41, 5.74) is 2.32. The van der Waals surface area contributed by atoms with Gasteiger partial charge in [-0.25, -0.2) is 0 Å². The molecule has 2 rings (SSSR count). The Hall–Kier alpha value is -1.70. The van der Waals surface area contributed by atoms with Crippen LogP contribution in [-0.4, -0.2) is 12.2 Å². The zero-order chi connectivity index (χ0) is 14.9. The Kier molecular flexibility index (Phi) is 4.22. The van der Waals surface area contributed by atoms with Crippen molar-refractivity contribution >= 4 is 10.8 Å². The fourth-order valence-electron chi connectivity index (χ4n) is 2.40. The molecule has 2 aromatic carbocycles. The van der Waals surface area contributed by atoms with Gasteiger partial charge in [-0.15, -0.1) is 0 Å². The molecule has 2 nitrogen and oxygen atoms in total. The lowest BCUT2D eigenvalue weighted by Crippen LogP contribution is -2.11. The summed E-state index contributed by atoms with van der Waals surface area (Å²) in [5.74, 6) is 1.95. The molecule has 0 N–H and O–H groups in total. The van der Waals surface area contributed by atoms with Gasteiger partial charge in [-0.05, 0) is 52.7 Å². The minimum absolute atomic E-state index is 0.161. The van der Waals surface area contributed by atoms with E-state index in [1.165, 1.54) is 0 Å². The van der Waals surface area contributed by atoms with Crippen LogP contribution in [0.25, 0.3) is 10.8 Å². The lowest BCUT2D eigenvalue weighted by molar-refractivity contribution is 0.237. The molecule has 0 atom stereocenters. The molecule has 0 aliphatic carbocycles. The van der Waals surface area contributed by atoms with Gasteiger partial charge < -0.3 is 9.47 Å². The summed E-state index contributed by atoms with van der Waals surface area (Å²) >= 11 is 0. The first kappa shape index (κ1) is 14.7. The second kappa shape index (κ2) is 5.74. The molecule has 2 heteroatoms. The molecule has 20 heavy (non-hydrogen) atoms. The molecule has 0 aliphatic rings. The molecule has 0 radical (unpaired) electrons. The van der Waals surface area contributed by atoms with Crippen molar-refractivity contribution in [2.75, 3.05) is 0 Å². The number of benzene rings is 2. The topological polar surface area (TPSA) is 18.5 Å². The van der Waals surface area contributed by atoms with Crippen LogP contribution < -0.4 is 9.47 Å². The van der Waals surface area contributed by atoms with Crippen LogP contribution >= 0.6 is 0 Å².